The van der Waals surface area contributed by atoms with E-state index in [0.717, 1.165) is 22.3 Å². The zero-order chi connectivity index (χ0) is 30.5. The van der Waals surface area contributed by atoms with Crippen LogP contribution in [0, 0.1) is 0 Å². The summed E-state index contributed by atoms with van der Waals surface area (Å²) < 4.78 is 53.4. The SMILES string of the molecule is COc1cc(OC)c(/C=C/SCc2ccc(OC)c(OP(=O)(OCc3ccccc3)OCc3ccccc3)c2)c(OC)c1. The number of thioether (sulfide) groups is 1. The summed E-state index contributed by atoms with van der Waals surface area (Å²) in [5.41, 5.74) is 3.38. The second-order valence-electron chi connectivity index (χ2n) is 9.10. The van der Waals surface area contributed by atoms with Gasteiger partial charge in [-0.3, -0.25) is 9.05 Å². The summed E-state index contributed by atoms with van der Waals surface area (Å²) in [6, 6.07) is 27.9. The summed E-state index contributed by atoms with van der Waals surface area (Å²) in [7, 11) is 2.25. The molecule has 0 aliphatic heterocycles. The van der Waals surface area contributed by atoms with Crippen LogP contribution in [0.4, 0.5) is 0 Å². The van der Waals surface area contributed by atoms with Gasteiger partial charge in [-0.15, -0.1) is 11.8 Å². The lowest BCUT2D eigenvalue weighted by molar-refractivity contribution is 0.142. The predicted octanol–water partition coefficient (Wildman–Crippen LogP) is 8.55. The molecule has 0 atom stereocenters. The number of methoxy groups -OCH3 is 4. The summed E-state index contributed by atoms with van der Waals surface area (Å²) in [5.74, 6) is 3.17. The summed E-state index contributed by atoms with van der Waals surface area (Å²) in [6.45, 7) is 0.0989. The van der Waals surface area contributed by atoms with E-state index in [1.807, 2.05) is 78.2 Å². The standard InChI is InChI=1S/C33H35O8PS/c1-35-28-20-31(37-3)29(32(21-28)38-4)17-18-43-24-27-15-16-30(36-2)33(19-27)41-42(34,39-22-25-11-7-5-8-12-25)40-23-26-13-9-6-10-14-26/h5-21H,22-24H2,1-4H3/b18-17+. The number of rotatable bonds is 16. The van der Waals surface area contributed by atoms with Gasteiger partial charge in [0.1, 0.15) is 17.2 Å². The minimum absolute atomic E-state index is 0.0494. The fourth-order valence-corrected chi connectivity index (χ4v) is 5.88. The molecular weight excluding hydrogens is 587 g/mol. The van der Waals surface area contributed by atoms with Crippen LogP contribution in [0.5, 0.6) is 28.7 Å². The molecule has 0 N–H and O–H groups in total. The highest BCUT2D eigenvalue weighted by Crippen LogP contribution is 2.53. The van der Waals surface area contributed by atoms with Gasteiger partial charge in [0.15, 0.2) is 11.5 Å². The van der Waals surface area contributed by atoms with Crippen LogP contribution >= 0.6 is 19.6 Å². The zero-order valence-corrected chi connectivity index (χ0v) is 26.3. The van der Waals surface area contributed by atoms with E-state index in [2.05, 4.69) is 0 Å². The normalized spacial score (nSPS) is 11.3. The zero-order valence-electron chi connectivity index (χ0n) is 24.6. The van der Waals surface area contributed by atoms with Crippen molar-refractivity contribution in [2.45, 2.75) is 19.0 Å². The molecule has 43 heavy (non-hydrogen) atoms. The van der Waals surface area contributed by atoms with Crippen LogP contribution in [-0.2, 0) is 32.6 Å². The van der Waals surface area contributed by atoms with Crippen molar-refractivity contribution in [3.05, 3.63) is 119 Å². The fraction of sp³-hybridized carbons (Fsp3) is 0.212. The van der Waals surface area contributed by atoms with Crippen molar-refractivity contribution in [1.82, 2.24) is 0 Å². The van der Waals surface area contributed by atoms with Crippen molar-refractivity contribution < 1.29 is 37.1 Å². The van der Waals surface area contributed by atoms with E-state index in [9.17, 15) is 4.57 Å². The van der Waals surface area contributed by atoms with Crippen molar-refractivity contribution in [2.75, 3.05) is 28.4 Å². The van der Waals surface area contributed by atoms with Gasteiger partial charge in [-0.2, -0.15) is 0 Å². The van der Waals surface area contributed by atoms with Gasteiger partial charge in [0.25, 0.3) is 0 Å². The first-order valence-electron chi connectivity index (χ1n) is 13.4. The third-order valence-electron chi connectivity index (χ3n) is 6.24. The number of hydrogen-bond donors (Lipinski definition) is 0. The van der Waals surface area contributed by atoms with Gasteiger partial charge in [-0.1, -0.05) is 66.7 Å². The molecule has 0 unspecified atom stereocenters. The molecule has 10 heteroatoms. The summed E-state index contributed by atoms with van der Waals surface area (Å²) in [4.78, 5) is 0. The predicted molar refractivity (Wildman–Crippen MR) is 170 cm³/mol. The lowest BCUT2D eigenvalue weighted by atomic mass is 10.1. The van der Waals surface area contributed by atoms with E-state index in [1.54, 1.807) is 57.4 Å². The van der Waals surface area contributed by atoms with Crippen molar-refractivity contribution >= 4 is 25.7 Å². The van der Waals surface area contributed by atoms with Crippen LogP contribution in [0.1, 0.15) is 22.3 Å². The largest absolute Gasteiger partial charge is 0.530 e. The smallest absolute Gasteiger partial charge is 0.496 e. The minimum atomic E-state index is -4.07. The van der Waals surface area contributed by atoms with Gasteiger partial charge in [-0.25, -0.2) is 4.57 Å². The molecular formula is C33H35O8PS. The van der Waals surface area contributed by atoms with Crippen molar-refractivity contribution in [2.24, 2.45) is 0 Å². The van der Waals surface area contributed by atoms with Gasteiger partial charge in [0.2, 0.25) is 0 Å². The first-order valence-corrected chi connectivity index (χ1v) is 15.9. The van der Waals surface area contributed by atoms with E-state index in [-0.39, 0.29) is 19.0 Å². The Morgan fingerprint density at radius 1 is 0.628 bits per heavy atom. The molecule has 0 spiro atoms. The molecule has 4 aromatic rings. The van der Waals surface area contributed by atoms with Crippen LogP contribution in [-0.4, -0.2) is 28.4 Å². The van der Waals surface area contributed by atoms with E-state index in [0.29, 0.717) is 28.8 Å². The van der Waals surface area contributed by atoms with Gasteiger partial charge in [-0.05, 0) is 40.3 Å². The van der Waals surface area contributed by atoms with E-state index >= 15 is 0 Å². The molecule has 0 aliphatic carbocycles. The average Bonchev–Trinajstić information content (AvgIpc) is 3.05. The Labute approximate surface area is 257 Å². The van der Waals surface area contributed by atoms with Crippen molar-refractivity contribution in [1.29, 1.82) is 0 Å². The number of hydrogen-bond acceptors (Lipinski definition) is 9. The van der Waals surface area contributed by atoms with E-state index < -0.39 is 7.82 Å². The van der Waals surface area contributed by atoms with Gasteiger partial charge in [0.05, 0.1) is 47.2 Å². The molecule has 0 bridgehead atoms. The maximum atomic E-state index is 13.9. The van der Waals surface area contributed by atoms with Crippen molar-refractivity contribution in [3.63, 3.8) is 0 Å². The minimum Gasteiger partial charge on any atom is -0.496 e. The molecule has 0 saturated carbocycles. The van der Waals surface area contributed by atoms with Crippen LogP contribution in [0.15, 0.2) is 96.4 Å². The molecule has 0 aromatic heterocycles. The molecule has 226 valence electrons. The number of benzene rings is 4. The van der Waals surface area contributed by atoms with Gasteiger partial charge >= 0.3 is 7.82 Å². The van der Waals surface area contributed by atoms with Crippen LogP contribution in [0.3, 0.4) is 0 Å². The highest BCUT2D eigenvalue weighted by atomic mass is 32.2. The Morgan fingerprint density at radius 3 is 1.70 bits per heavy atom. The van der Waals surface area contributed by atoms with Crippen molar-refractivity contribution in [3.8, 4) is 28.7 Å². The Kier molecular flexibility index (Phi) is 12.0. The third-order valence-corrected chi connectivity index (χ3v) is 8.38. The molecule has 8 nitrogen and oxygen atoms in total. The first-order chi connectivity index (χ1) is 21.0. The van der Waals surface area contributed by atoms with Crippen LogP contribution < -0.4 is 23.5 Å². The molecule has 0 aliphatic rings. The molecule has 4 rings (SSSR count). The fourth-order valence-electron chi connectivity index (χ4n) is 4.01. The molecule has 4 aromatic carbocycles. The maximum absolute atomic E-state index is 13.9. The second kappa shape index (κ2) is 16.1. The van der Waals surface area contributed by atoms with E-state index in [4.69, 9.17) is 32.5 Å². The molecule has 0 radical (unpaired) electrons. The average molecular weight is 623 g/mol. The summed E-state index contributed by atoms with van der Waals surface area (Å²) in [5, 5.41) is 1.95. The first kappa shape index (κ1) is 32.0. The van der Waals surface area contributed by atoms with Crippen LogP contribution in [0.25, 0.3) is 6.08 Å². The third kappa shape index (κ3) is 9.30. The van der Waals surface area contributed by atoms with Crippen LogP contribution in [0.2, 0.25) is 0 Å². The van der Waals surface area contributed by atoms with E-state index in [1.165, 1.54) is 7.11 Å². The lowest BCUT2D eigenvalue weighted by Gasteiger charge is -2.20. The monoisotopic (exact) mass is 622 g/mol. The Morgan fingerprint density at radius 2 is 1.19 bits per heavy atom. The molecule has 0 amide bonds. The second-order valence-corrected chi connectivity index (χ2v) is 11.6. The summed E-state index contributed by atoms with van der Waals surface area (Å²) >= 11 is 1.55. The Bertz CT molecular complexity index is 1460. The highest BCUT2D eigenvalue weighted by Gasteiger charge is 2.30. The Hall–Kier alpha value is -3.88. The van der Waals surface area contributed by atoms with Gasteiger partial charge in [0, 0.05) is 17.9 Å². The lowest BCUT2D eigenvalue weighted by Crippen LogP contribution is -2.05. The number of ether oxygens (including phenoxy) is 4. The van der Waals surface area contributed by atoms with Gasteiger partial charge < -0.3 is 23.5 Å². The maximum Gasteiger partial charge on any atom is 0.530 e. The number of phosphoric ester groups is 1. The molecule has 0 saturated heterocycles. The number of phosphoric acid groups is 1. The highest BCUT2D eigenvalue weighted by molar-refractivity contribution is 8.01. The quantitative estimate of drug-likeness (QED) is 0.114. The topological polar surface area (TPSA) is 81.7 Å². The summed E-state index contributed by atoms with van der Waals surface area (Å²) in [6.07, 6.45) is 1.92. The molecule has 0 heterocycles. The molecule has 0 fully saturated rings. The Balaban J connectivity index is 1.50.